The SMILES string of the molecule is COCC1CCCN1CC1CC(c2ccc(CO)cc2)OC(c2ccc(NC(=O)CCCCCC(=O)Nc3ccccc3N)cc2)O1. The molecule has 2 amide bonds. The summed E-state index contributed by atoms with van der Waals surface area (Å²) >= 11 is 0. The van der Waals surface area contributed by atoms with Gasteiger partial charge in [-0.2, -0.15) is 0 Å². The van der Waals surface area contributed by atoms with E-state index in [1.807, 2.05) is 60.7 Å². The van der Waals surface area contributed by atoms with E-state index in [0.29, 0.717) is 55.4 Å². The van der Waals surface area contributed by atoms with E-state index in [0.717, 1.165) is 55.5 Å². The Labute approximate surface area is 277 Å². The number of hydrogen-bond acceptors (Lipinski definition) is 8. The van der Waals surface area contributed by atoms with E-state index in [1.54, 1.807) is 19.2 Å². The third-order valence-electron chi connectivity index (χ3n) is 8.92. The molecule has 252 valence electrons. The van der Waals surface area contributed by atoms with Gasteiger partial charge in [-0.25, -0.2) is 0 Å². The van der Waals surface area contributed by atoms with Crippen molar-refractivity contribution < 1.29 is 28.9 Å². The Kier molecular flexibility index (Phi) is 12.8. The molecule has 0 radical (unpaired) electrons. The normalized spacial score (nSPS) is 21.4. The van der Waals surface area contributed by atoms with Crippen LogP contribution in [0.4, 0.5) is 17.1 Å². The van der Waals surface area contributed by atoms with Crippen molar-refractivity contribution in [1.29, 1.82) is 0 Å². The first-order chi connectivity index (χ1) is 22.9. The maximum atomic E-state index is 12.6. The zero-order valence-electron chi connectivity index (χ0n) is 27.2. The average Bonchev–Trinajstić information content (AvgIpc) is 3.52. The van der Waals surface area contributed by atoms with E-state index in [4.69, 9.17) is 19.9 Å². The van der Waals surface area contributed by atoms with Gasteiger partial charge in [0.1, 0.15) is 0 Å². The number of aliphatic hydroxyl groups excluding tert-OH is 1. The van der Waals surface area contributed by atoms with Crippen LogP contribution in [0.3, 0.4) is 0 Å². The Bertz CT molecular complexity index is 1430. The highest BCUT2D eigenvalue weighted by Gasteiger charge is 2.35. The van der Waals surface area contributed by atoms with Crippen molar-refractivity contribution in [1.82, 2.24) is 4.90 Å². The predicted octanol–water partition coefficient (Wildman–Crippen LogP) is 5.95. The van der Waals surface area contributed by atoms with Gasteiger partial charge in [0.25, 0.3) is 0 Å². The average molecular weight is 645 g/mol. The van der Waals surface area contributed by atoms with Crippen LogP contribution in [-0.2, 0) is 30.4 Å². The molecule has 0 aromatic heterocycles. The molecule has 0 saturated carbocycles. The maximum Gasteiger partial charge on any atom is 0.224 e. The lowest BCUT2D eigenvalue weighted by atomic mass is 9.99. The Morgan fingerprint density at radius 1 is 0.915 bits per heavy atom. The van der Waals surface area contributed by atoms with Crippen LogP contribution in [0.15, 0.2) is 72.8 Å². The fourth-order valence-electron chi connectivity index (χ4n) is 6.33. The highest BCUT2D eigenvalue weighted by molar-refractivity contribution is 5.93. The van der Waals surface area contributed by atoms with Gasteiger partial charge in [-0.05, 0) is 67.6 Å². The van der Waals surface area contributed by atoms with Crippen LogP contribution < -0.4 is 16.4 Å². The van der Waals surface area contributed by atoms with E-state index >= 15 is 0 Å². The molecule has 10 nitrogen and oxygen atoms in total. The van der Waals surface area contributed by atoms with Crippen molar-refractivity contribution >= 4 is 28.9 Å². The summed E-state index contributed by atoms with van der Waals surface area (Å²) in [7, 11) is 1.75. The van der Waals surface area contributed by atoms with Crippen molar-refractivity contribution in [3.8, 4) is 0 Å². The van der Waals surface area contributed by atoms with Gasteiger partial charge in [-0.15, -0.1) is 0 Å². The Morgan fingerprint density at radius 2 is 1.62 bits per heavy atom. The number of carbonyl (C=O) groups is 2. The summed E-state index contributed by atoms with van der Waals surface area (Å²) in [5, 5.41) is 15.3. The molecule has 5 N–H and O–H groups in total. The topological polar surface area (TPSA) is 135 Å². The molecule has 2 fully saturated rings. The number of carbonyl (C=O) groups excluding carboxylic acids is 2. The fraction of sp³-hybridized carbons (Fsp3) is 0.459. The molecule has 47 heavy (non-hydrogen) atoms. The fourth-order valence-corrected chi connectivity index (χ4v) is 6.33. The first-order valence-corrected chi connectivity index (χ1v) is 16.7. The molecule has 2 saturated heterocycles. The number of para-hydroxylation sites is 2. The summed E-state index contributed by atoms with van der Waals surface area (Å²) in [6.07, 6.45) is 5.18. The molecule has 0 aliphatic carbocycles. The highest BCUT2D eigenvalue weighted by atomic mass is 16.7. The minimum atomic E-state index is -0.556. The smallest absolute Gasteiger partial charge is 0.224 e. The molecule has 2 heterocycles. The molecular formula is C37H48N4O6. The van der Waals surface area contributed by atoms with Crippen LogP contribution in [0.5, 0.6) is 0 Å². The number of hydrogen-bond donors (Lipinski definition) is 4. The zero-order chi connectivity index (χ0) is 33.0. The van der Waals surface area contributed by atoms with Crippen molar-refractivity contribution in [2.24, 2.45) is 0 Å². The molecule has 4 atom stereocenters. The minimum absolute atomic E-state index is 0.00305. The molecule has 3 aromatic rings. The van der Waals surface area contributed by atoms with Crippen molar-refractivity contribution in [2.75, 3.05) is 43.2 Å². The quantitative estimate of drug-likeness (QED) is 0.118. The van der Waals surface area contributed by atoms with E-state index in [-0.39, 0.29) is 30.6 Å². The third kappa shape index (κ3) is 10.1. The molecule has 5 rings (SSSR count). The first kappa shape index (κ1) is 34.5. The van der Waals surface area contributed by atoms with E-state index in [1.165, 1.54) is 0 Å². The maximum absolute atomic E-state index is 12.6. The zero-order valence-corrected chi connectivity index (χ0v) is 27.2. The molecular weight excluding hydrogens is 596 g/mol. The van der Waals surface area contributed by atoms with Crippen molar-refractivity contribution in [3.05, 3.63) is 89.5 Å². The number of nitrogen functional groups attached to an aromatic ring is 1. The Hall–Kier alpha value is -3.80. The largest absolute Gasteiger partial charge is 0.397 e. The third-order valence-corrected chi connectivity index (χ3v) is 8.92. The van der Waals surface area contributed by atoms with Gasteiger partial charge >= 0.3 is 0 Å². The van der Waals surface area contributed by atoms with Gasteiger partial charge < -0.3 is 35.7 Å². The number of unbranched alkanes of at least 4 members (excludes halogenated alkanes) is 2. The molecule has 2 aliphatic heterocycles. The van der Waals surface area contributed by atoms with Gasteiger partial charge in [0.05, 0.1) is 36.8 Å². The molecule has 3 aromatic carbocycles. The molecule has 2 aliphatic rings. The number of nitrogens with one attached hydrogen (secondary N) is 2. The number of nitrogens with two attached hydrogens (primary N) is 1. The lowest BCUT2D eigenvalue weighted by Gasteiger charge is -2.38. The van der Waals surface area contributed by atoms with Crippen LogP contribution in [0.2, 0.25) is 0 Å². The van der Waals surface area contributed by atoms with Gasteiger partial charge in [0, 0.05) is 50.2 Å². The number of amides is 2. The standard InChI is InChI=1S/C37H48N4O6/c1-45-25-30-8-7-21-41(30)23-31-22-34(27-15-13-26(24-42)14-16-27)47-37(46-31)28-17-19-29(20-18-28)39-35(43)11-3-2-4-12-36(44)40-33-10-6-5-9-32(33)38/h5-6,9-10,13-20,30-31,34,37,42H,2-4,7-8,11-12,21-25,38H2,1H3,(H,39,43)(H,40,44). The number of likely N-dealkylation sites (tertiary alicyclic amines) is 1. The number of methoxy groups -OCH3 is 1. The predicted molar refractivity (Wildman–Crippen MR) is 183 cm³/mol. The van der Waals surface area contributed by atoms with Crippen molar-refractivity contribution in [3.63, 3.8) is 0 Å². The number of ether oxygens (including phenoxy) is 3. The number of benzene rings is 3. The number of aliphatic hydroxyl groups is 1. The monoisotopic (exact) mass is 644 g/mol. The van der Waals surface area contributed by atoms with Gasteiger partial charge in [-0.3, -0.25) is 14.5 Å². The summed E-state index contributed by atoms with van der Waals surface area (Å²) in [5.41, 5.74) is 10.6. The van der Waals surface area contributed by atoms with Gasteiger partial charge in [0.15, 0.2) is 6.29 Å². The van der Waals surface area contributed by atoms with Crippen LogP contribution in [-0.4, -0.2) is 60.8 Å². The Morgan fingerprint density at radius 3 is 2.32 bits per heavy atom. The second-order valence-corrected chi connectivity index (χ2v) is 12.5. The number of rotatable bonds is 15. The summed E-state index contributed by atoms with van der Waals surface area (Å²) in [4.78, 5) is 27.3. The summed E-state index contributed by atoms with van der Waals surface area (Å²) in [5.74, 6) is -0.144. The number of nitrogens with zero attached hydrogens (tertiary/aromatic N) is 1. The number of anilines is 3. The second kappa shape index (κ2) is 17.4. The second-order valence-electron chi connectivity index (χ2n) is 12.5. The summed E-state index contributed by atoms with van der Waals surface area (Å²) in [6, 6.07) is 23.1. The molecule has 0 bridgehead atoms. The van der Waals surface area contributed by atoms with Gasteiger partial charge in [0.2, 0.25) is 11.8 Å². The van der Waals surface area contributed by atoms with Crippen LogP contribution in [0.25, 0.3) is 0 Å². The van der Waals surface area contributed by atoms with Crippen LogP contribution >= 0.6 is 0 Å². The molecule has 0 spiro atoms. The van der Waals surface area contributed by atoms with Crippen molar-refractivity contribution in [2.45, 2.75) is 82.5 Å². The molecule has 4 unspecified atom stereocenters. The lowest BCUT2D eigenvalue weighted by Crippen LogP contribution is -2.42. The summed E-state index contributed by atoms with van der Waals surface area (Å²) < 4.78 is 18.5. The summed E-state index contributed by atoms with van der Waals surface area (Å²) in [6.45, 7) is 2.55. The lowest BCUT2D eigenvalue weighted by molar-refractivity contribution is -0.253. The van der Waals surface area contributed by atoms with Crippen LogP contribution in [0, 0.1) is 0 Å². The van der Waals surface area contributed by atoms with E-state index in [2.05, 4.69) is 15.5 Å². The van der Waals surface area contributed by atoms with Crippen LogP contribution in [0.1, 0.15) is 80.5 Å². The molecule has 10 heteroatoms. The highest BCUT2D eigenvalue weighted by Crippen LogP contribution is 2.39. The van der Waals surface area contributed by atoms with Gasteiger partial charge in [-0.1, -0.05) is 55.0 Å². The van der Waals surface area contributed by atoms with E-state index < -0.39 is 6.29 Å². The van der Waals surface area contributed by atoms with E-state index in [9.17, 15) is 14.7 Å². The first-order valence-electron chi connectivity index (χ1n) is 16.7. The minimum Gasteiger partial charge on any atom is -0.397 e. The Balaban J connectivity index is 1.12.